The third kappa shape index (κ3) is 3.66. The molecule has 2 heterocycles. The highest BCUT2D eigenvalue weighted by atomic mass is 32.1. The van der Waals surface area contributed by atoms with Crippen LogP contribution in [-0.4, -0.2) is 34.3 Å². The molecule has 1 aliphatic rings. The smallest absolute Gasteiger partial charge is 0.266 e. The van der Waals surface area contributed by atoms with Crippen molar-refractivity contribution in [3.8, 4) is 0 Å². The molecule has 2 N–H and O–H groups in total. The number of nitrogens with two attached hydrogens (primary N) is 1. The van der Waals surface area contributed by atoms with Gasteiger partial charge in [-0.3, -0.25) is 9.59 Å². The first-order valence-electron chi connectivity index (χ1n) is 8.00. The summed E-state index contributed by atoms with van der Waals surface area (Å²) >= 11 is 1.49. The summed E-state index contributed by atoms with van der Waals surface area (Å²) in [5, 5.41) is 1.03. The molecule has 2 amide bonds. The topological polar surface area (TPSA) is 76.3 Å². The molecule has 122 valence electrons. The molecule has 6 heteroatoms. The Morgan fingerprint density at radius 2 is 2.14 bits per heavy atom. The Kier molecular flexibility index (Phi) is 5.56. The van der Waals surface area contributed by atoms with Crippen LogP contribution in [0.5, 0.6) is 0 Å². The van der Waals surface area contributed by atoms with Crippen molar-refractivity contribution in [3.05, 3.63) is 15.6 Å². The van der Waals surface area contributed by atoms with Gasteiger partial charge in [-0.15, -0.1) is 11.3 Å². The molecule has 0 aromatic carbocycles. The quantitative estimate of drug-likeness (QED) is 0.904. The minimum atomic E-state index is -0.311. The molecular formula is C16H25N3O2S. The van der Waals surface area contributed by atoms with Crippen molar-refractivity contribution in [1.82, 2.24) is 9.88 Å². The van der Waals surface area contributed by atoms with E-state index in [1.54, 1.807) is 4.90 Å². The van der Waals surface area contributed by atoms with Gasteiger partial charge in [0, 0.05) is 12.6 Å². The molecule has 2 atom stereocenters. The summed E-state index contributed by atoms with van der Waals surface area (Å²) < 4.78 is 0. The lowest BCUT2D eigenvalue weighted by Gasteiger charge is -2.36. The number of primary amides is 1. The van der Waals surface area contributed by atoms with Gasteiger partial charge in [0.25, 0.3) is 5.91 Å². The summed E-state index contributed by atoms with van der Waals surface area (Å²) in [6.07, 6.45) is 4.72. The minimum Gasteiger partial charge on any atom is -0.369 e. The Hall–Kier alpha value is -1.43. The van der Waals surface area contributed by atoms with Crippen LogP contribution in [0, 0.1) is 12.8 Å². The van der Waals surface area contributed by atoms with Crippen LogP contribution in [0.1, 0.15) is 59.9 Å². The summed E-state index contributed by atoms with van der Waals surface area (Å²) in [7, 11) is 0. The molecule has 0 aliphatic carbocycles. The third-order valence-corrected chi connectivity index (χ3v) is 5.53. The second kappa shape index (κ2) is 7.22. The van der Waals surface area contributed by atoms with Crippen LogP contribution in [0.15, 0.2) is 0 Å². The Bertz CT molecular complexity index is 556. The Labute approximate surface area is 135 Å². The van der Waals surface area contributed by atoms with E-state index >= 15 is 0 Å². The van der Waals surface area contributed by atoms with Crippen LogP contribution in [0.3, 0.4) is 0 Å². The number of likely N-dealkylation sites (tertiary alicyclic amines) is 1. The second-order valence-electron chi connectivity index (χ2n) is 6.11. The third-order valence-electron chi connectivity index (χ3n) is 4.32. The van der Waals surface area contributed by atoms with E-state index in [4.69, 9.17) is 5.73 Å². The summed E-state index contributed by atoms with van der Waals surface area (Å²) in [6, 6.07) is 0.142. The van der Waals surface area contributed by atoms with Crippen molar-refractivity contribution in [3.63, 3.8) is 0 Å². The first-order valence-corrected chi connectivity index (χ1v) is 8.82. The number of thiazole rings is 1. The zero-order valence-corrected chi connectivity index (χ0v) is 14.4. The van der Waals surface area contributed by atoms with Crippen LogP contribution in [0.4, 0.5) is 0 Å². The minimum absolute atomic E-state index is 0.00352. The molecule has 0 radical (unpaired) electrons. The monoisotopic (exact) mass is 323 g/mol. The number of carbonyl (C=O) groups excluding carboxylic acids is 2. The highest BCUT2D eigenvalue weighted by Crippen LogP contribution is 2.27. The Balaban J connectivity index is 2.15. The van der Waals surface area contributed by atoms with Crippen LogP contribution in [0.25, 0.3) is 0 Å². The second-order valence-corrected chi connectivity index (χ2v) is 7.19. The van der Waals surface area contributed by atoms with E-state index in [0.717, 1.165) is 42.8 Å². The highest BCUT2D eigenvalue weighted by molar-refractivity contribution is 7.13. The maximum absolute atomic E-state index is 12.8. The van der Waals surface area contributed by atoms with Crippen molar-refractivity contribution in [2.45, 2.75) is 58.9 Å². The molecule has 1 saturated heterocycles. The van der Waals surface area contributed by atoms with E-state index in [-0.39, 0.29) is 23.8 Å². The summed E-state index contributed by atoms with van der Waals surface area (Å²) in [6.45, 7) is 6.49. The number of hydrogen-bond donors (Lipinski definition) is 1. The Morgan fingerprint density at radius 3 is 2.77 bits per heavy atom. The van der Waals surface area contributed by atoms with Gasteiger partial charge in [-0.2, -0.15) is 0 Å². The average Bonchev–Trinajstić information content (AvgIpc) is 2.85. The van der Waals surface area contributed by atoms with E-state index in [2.05, 4.69) is 11.9 Å². The fraction of sp³-hybridized carbons (Fsp3) is 0.688. The molecule has 1 aliphatic heterocycles. The van der Waals surface area contributed by atoms with Crippen molar-refractivity contribution in [2.75, 3.05) is 6.54 Å². The molecule has 2 unspecified atom stereocenters. The lowest BCUT2D eigenvalue weighted by Crippen LogP contribution is -2.48. The fourth-order valence-corrected chi connectivity index (χ4v) is 3.90. The van der Waals surface area contributed by atoms with E-state index in [1.807, 2.05) is 13.8 Å². The van der Waals surface area contributed by atoms with Gasteiger partial charge in [0.05, 0.1) is 16.6 Å². The van der Waals surface area contributed by atoms with Crippen LogP contribution < -0.4 is 5.73 Å². The van der Waals surface area contributed by atoms with Gasteiger partial charge < -0.3 is 10.6 Å². The van der Waals surface area contributed by atoms with Gasteiger partial charge in [0.15, 0.2) is 0 Å². The molecule has 1 fully saturated rings. The largest absolute Gasteiger partial charge is 0.369 e. The lowest BCUT2D eigenvalue weighted by atomic mass is 9.93. The number of aromatic nitrogens is 1. The lowest BCUT2D eigenvalue weighted by molar-refractivity contribution is -0.123. The maximum Gasteiger partial charge on any atom is 0.266 e. The molecule has 22 heavy (non-hydrogen) atoms. The molecule has 5 nitrogen and oxygen atoms in total. The predicted octanol–water partition coefficient (Wildman–Crippen LogP) is 2.52. The summed E-state index contributed by atoms with van der Waals surface area (Å²) in [5.74, 6) is -0.543. The van der Waals surface area contributed by atoms with Gasteiger partial charge in [0.1, 0.15) is 4.88 Å². The molecule has 1 aromatic heterocycles. The van der Waals surface area contributed by atoms with Gasteiger partial charge >= 0.3 is 0 Å². The van der Waals surface area contributed by atoms with Crippen molar-refractivity contribution < 1.29 is 9.59 Å². The standard InChI is InChI=1S/C16H25N3O2S/c1-4-5-6-13-18-11(3)14(22-13)16(21)19-9-12(15(17)20)8-7-10(19)2/h10,12H,4-9H2,1-3H3,(H2,17,20). The van der Waals surface area contributed by atoms with E-state index in [9.17, 15) is 9.59 Å². The zero-order chi connectivity index (χ0) is 16.3. The fourth-order valence-electron chi connectivity index (χ4n) is 2.84. The van der Waals surface area contributed by atoms with Gasteiger partial charge in [-0.05, 0) is 39.5 Å². The summed E-state index contributed by atoms with van der Waals surface area (Å²) in [4.78, 5) is 31.3. The van der Waals surface area contributed by atoms with Crippen LogP contribution in [0.2, 0.25) is 0 Å². The summed E-state index contributed by atoms with van der Waals surface area (Å²) in [5.41, 5.74) is 6.22. The molecule has 0 spiro atoms. The molecule has 2 rings (SSSR count). The molecular weight excluding hydrogens is 298 g/mol. The van der Waals surface area contributed by atoms with E-state index < -0.39 is 0 Å². The zero-order valence-electron chi connectivity index (χ0n) is 13.6. The average molecular weight is 323 g/mol. The number of piperidine rings is 1. The molecule has 0 saturated carbocycles. The van der Waals surface area contributed by atoms with Gasteiger partial charge in [0.2, 0.25) is 5.91 Å². The number of nitrogens with zero attached hydrogens (tertiary/aromatic N) is 2. The highest BCUT2D eigenvalue weighted by Gasteiger charge is 2.33. The number of hydrogen-bond acceptors (Lipinski definition) is 4. The van der Waals surface area contributed by atoms with Crippen LogP contribution >= 0.6 is 11.3 Å². The first kappa shape index (κ1) is 16.9. The van der Waals surface area contributed by atoms with Gasteiger partial charge in [-0.1, -0.05) is 13.3 Å². The number of unbranched alkanes of at least 4 members (excludes halogenated alkanes) is 1. The SMILES string of the molecule is CCCCc1nc(C)c(C(=O)N2CC(C(N)=O)CCC2C)s1. The van der Waals surface area contributed by atoms with Crippen molar-refractivity contribution in [1.29, 1.82) is 0 Å². The predicted molar refractivity (Wildman–Crippen MR) is 87.9 cm³/mol. The number of rotatable bonds is 5. The number of aryl methyl sites for hydroxylation is 2. The molecule has 0 bridgehead atoms. The number of carbonyl (C=O) groups is 2. The van der Waals surface area contributed by atoms with Crippen molar-refractivity contribution >= 4 is 23.2 Å². The van der Waals surface area contributed by atoms with E-state index in [1.165, 1.54) is 11.3 Å². The first-order chi connectivity index (χ1) is 10.4. The van der Waals surface area contributed by atoms with Crippen molar-refractivity contribution in [2.24, 2.45) is 11.7 Å². The normalized spacial score (nSPS) is 21.9. The maximum atomic E-state index is 12.8. The van der Waals surface area contributed by atoms with Gasteiger partial charge in [-0.25, -0.2) is 4.98 Å². The van der Waals surface area contributed by atoms with Crippen LogP contribution in [-0.2, 0) is 11.2 Å². The number of amides is 2. The molecule has 1 aromatic rings. The van der Waals surface area contributed by atoms with E-state index in [0.29, 0.717) is 11.4 Å². The Morgan fingerprint density at radius 1 is 1.41 bits per heavy atom.